The van der Waals surface area contributed by atoms with Crippen molar-refractivity contribution in [2.75, 3.05) is 18.0 Å². The summed E-state index contributed by atoms with van der Waals surface area (Å²) in [6.45, 7) is 1.28. The SMILES string of the molecule is NC(=O)C1CCN(c2nc(Cl)nc3[nH]ncc23)C1. The van der Waals surface area contributed by atoms with Gasteiger partial charge >= 0.3 is 0 Å². The number of carbonyl (C=O) groups is 1. The number of aromatic nitrogens is 4. The number of nitrogens with zero attached hydrogens (tertiary/aromatic N) is 4. The zero-order valence-electron chi connectivity index (χ0n) is 9.43. The Hall–Kier alpha value is -1.89. The van der Waals surface area contributed by atoms with Crippen molar-refractivity contribution in [3.8, 4) is 0 Å². The molecule has 7 nitrogen and oxygen atoms in total. The number of nitrogens with one attached hydrogen (secondary N) is 1. The molecule has 1 unspecified atom stereocenters. The van der Waals surface area contributed by atoms with E-state index in [1.807, 2.05) is 4.90 Å². The number of amides is 1. The van der Waals surface area contributed by atoms with Crippen LogP contribution in [0.25, 0.3) is 11.0 Å². The van der Waals surface area contributed by atoms with Crippen LogP contribution in [0.4, 0.5) is 5.82 Å². The smallest absolute Gasteiger partial charge is 0.226 e. The van der Waals surface area contributed by atoms with Gasteiger partial charge in [-0.1, -0.05) is 0 Å². The van der Waals surface area contributed by atoms with Gasteiger partial charge in [0.15, 0.2) is 5.65 Å². The summed E-state index contributed by atoms with van der Waals surface area (Å²) in [5.41, 5.74) is 5.91. The lowest BCUT2D eigenvalue weighted by atomic mass is 10.1. The van der Waals surface area contributed by atoms with Crippen molar-refractivity contribution in [2.45, 2.75) is 6.42 Å². The number of fused-ring (bicyclic) bond motifs is 1. The highest BCUT2D eigenvalue weighted by molar-refractivity contribution is 6.28. The number of primary amides is 1. The van der Waals surface area contributed by atoms with Gasteiger partial charge in [-0.05, 0) is 18.0 Å². The van der Waals surface area contributed by atoms with Crippen molar-refractivity contribution in [2.24, 2.45) is 11.7 Å². The van der Waals surface area contributed by atoms with Gasteiger partial charge in [0.05, 0.1) is 17.5 Å². The molecule has 3 rings (SSSR count). The number of nitrogens with two attached hydrogens (primary N) is 1. The van der Waals surface area contributed by atoms with Crippen LogP contribution >= 0.6 is 11.6 Å². The fourth-order valence-electron chi connectivity index (χ4n) is 2.22. The van der Waals surface area contributed by atoms with E-state index in [4.69, 9.17) is 17.3 Å². The molecule has 1 saturated heterocycles. The van der Waals surface area contributed by atoms with E-state index in [2.05, 4.69) is 20.2 Å². The Kier molecular flexibility index (Phi) is 2.55. The van der Waals surface area contributed by atoms with E-state index in [0.29, 0.717) is 18.0 Å². The maximum Gasteiger partial charge on any atom is 0.226 e. The first-order chi connectivity index (χ1) is 8.65. The molecule has 18 heavy (non-hydrogen) atoms. The third-order valence-corrected chi connectivity index (χ3v) is 3.32. The average molecular weight is 267 g/mol. The molecule has 1 aliphatic heterocycles. The second-order valence-corrected chi connectivity index (χ2v) is 4.62. The molecule has 1 amide bonds. The normalized spacial score (nSPS) is 19.6. The predicted molar refractivity (Wildman–Crippen MR) is 66.2 cm³/mol. The highest BCUT2D eigenvalue weighted by atomic mass is 35.5. The summed E-state index contributed by atoms with van der Waals surface area (Å²) in [4.78, 5) is 21.4. The molecule has 1 atom stereocenters. The summed E-state index contributed by atoms with van der Waals surface area (Å²) < 4.78 is 0. The quantitative estimate of drug-likeness (QED) is 0.762. The Balaban J connectivity index is 1.99. The number of anilines is 1. The number of halogens is 1. The van der Waals surface area contributed by atoms with Crippen LogP contribution in [0.2, 0.25) is 5.28 Å². The average Bonchev–Trinajstić information content (AvgIpc) is 2.95. The second kappa shape index (κ2) is 4.09. The van der Waals surface area contributed by atoms with E-state index >= 15 is 0 Å². The molecule has 0 aromatic carbocycles. The summed E-state index contributed by atoms with van der Waals surface area (Å²) in [5.74, 6) is 0.282. The largest absolute Gasteiger partial charge is 0.369 e. The minimum absolute atomic E-state index is 0.138. The van der Waals surface area contributed by atoms with Crippen molar-refractivity contribution >= 4 is 34.4 Å². The van der Waals surface area contributed by atoms with Crippen molar-refractivity contribution in [3.63, 3.8) is 0 Å². The Morgan fingerprint density at radius 1 is 1.56 bits per heavy atom. The third kappa shape index (κ3) is 1.76. The minimum Gasteiger partial charge on any atom is -0.369 e. The second-order valence-electron chi connectivity index (χ2n) is 4.28. The third-order valence-electron chi connectivity index (χ3n) is 3.15. The van der Waals surface area contributed by atoms with Crippen LogP contribution in [0.3, 0.4) is 0 Å². The highest BCUT2D eigenvalue weighted by Crippen LogP contribution is 2.28. The number of hydrogen-bond acceptors (Lipinski definition) is 5. The fourth-order valence-corrected chi connectivity index (χ4v) is 2.38. The van der Waals surface area contributed by atoms with Gasteiger partial charge in [0, 0.05) is 13.1 Å². The monoisotopic (exact) mass is 266 g/mol. The lowest BCUT2D eigenvalue weighted by molar-refractivity contribution is -0.121. The lowest BCUT2D eigenvalue weighted by Crippen LogP contribution is -2.27. The Morgan fingerprint density at radius 2 is 2.39 bits per heavy atom. The molecule has 0 bridgehead atoms. The summed E-state index contributed by atoms with van der Waals surface area (Å²) in [7, 11) is 0. The van der Waals surface area contributed by atoms with Gasteiger partial charge in [-0.15, -0.1) is 0 Å². The van der Waals surface area contributed by atoms with Gasteiger partial charge in [-0.2, -0.15) is 15.1 Å². The number of aromatic amines is 1. The summed E-state index contributed by atoms with van der Waals surface area (Å²) >= 11 is 5.87. The van der Waals surface area contributed by atoms with E-state index in [-0.39, 0.29) is 17.1 Å². The summed E-state index contributed by atoms with van der Waals surface area (Å²) in [6.07, 6.45) is 2.38. The molecule has 3 heterocycles. The first-order valence-electron chi connectivity index (χ1n) is 5.56. The minimum atomic E-state index is -0.277. The number of rotatable bonds is 2. The molecule has 94 valence electrons. The lowest BCUT2D eigenvalue weighted by Gasteiger charge is -2.17. The van der Waals surface area contributed by atoms with E-state index in [0.717, 1.165) is 18.4 Å². The van der Waals surface area contributed by atoms with E-state index in [9.17, 15) is 4.79 Å². The van der Waals surface area contributed by atoms with Crippen molar-refractivity contribution < 1.29 is 4.79 Å². The van der Waals surface area contributed by atoms with Crippen molar-refractivity contribution in [3.05, 3.63) is 11.5 Å². The standard InChI is InChI=1S/C10H11ClN6O/c11-10-14-8-6(3-13-16-8)9(15-10)17-2-1-5(4-17)7(12)18/h3,5H,1-2,4H2,(H2,12,18)(H,13,14,15,16). The molecule has 0 spiro atoms. The summed E-state index contributed by atoms with van der Waals surface area (Å²) in [5, 5.41) is 7.63. The van der Waals surface area contributed by atoms with Gasteiger partial charge in [-0.25, -0.2) is 0 Å². The molecule has 1 fully saturated rings. The van der Waals surface area contributed by atoms with Crippen LogP contribution in [-0.4, -0.2) is 39.2 Å². The predicted octanol–water partition coefficient (Wildman–Crippen LogP) is 0.318. The van der Waals surface area contributed by atoms with Crippen molar-refractivity contribution in [1.82, 2.24) is 20.2 Å². The fraction of sp³-hybridized carbons (Fsp3) is 0.400. The molecule has 0 saturated carbocycles. The molecule has 2 aromatic rings. The topological polar surface area (TPSA) is 101 Å². The maximum absolute atomic E-state index is 11.2. The van der Waals surface area contributed by atoms with Crippen LogP contribution in [0.15, 0.2) is 6.20 Å². The number of carbonyl (C=O) groups excluding carboxylic acids is 1. The number of H-pyrrole nitrogens is 1. The number of hydrogen-bond donors (Lipinski definition) is 2. The molecule has 0 radical (unpaired) electrons. The van der Waals surface area contributed by atoms with Crippen LogP contribution in [-0.2, 0) is 4.79 Å². The molecule has 3 N–H and O–H groups in total. The molecular formula is C10H11ClN6O. The Morgan fingerprint density at radius 3 is 3.11 bits per heavy atom. The zero-order valence-corrected chi connectivity index (χ0v) is 10.2. The van der Waals surface area contributed by atoms with Crippen LogP contribution in [0.5, 0.6) is 0 Å². The molecule has 0 aliphatic carbocycles. The van der Waals surface area contributed by atoms with Crippen LogP contribution in [0.1, 0.15) is 6.42 Å². The Bertz CT molecular complexity index is 611. The van der Waals surface area contributed by atoms with E-state index in [1.54, 1.807) is 6.20 Å². The van der Waals surface area contributed by atoms with Crippen LogP contribution < -0.4 is 10.6 Å². The van der Waals surface area contributed by atoms with Crippen molar-refractivity contribution in [1.29, 1.82) is 0 Å². The van der Waals surface area contributed by atoms with Crippen LogP contribution in [0, 0.1) is 5.92 Å². The first-order valence-corrected chi connectivity index (χ1v) is 5.94. The first kappa shape index (κ1) is 11.2. The van der Waals surface area contributed by atoms with Gasteiger partial charge < -0.3 is 10.6 Å². The van der Waals surface area contributed by atoms with E-state index < -0.39 is 0 Å². The molecular weight excluding hydrogens is 256 g/mol. The van der Waals surface area contributed by atoms with Gasteiger partial charge in [-0.3, -0.25) is 9.89 Å². The molecule has 8 heteroatoms. The highest BCUT2D eigenvalue weighted by Gasteiger charge is 2.29. The van der Waals surface area contributed by atoms with Gasteiger partial charge in [0.25, 0.3) is 0 Å². The van der Waals surface area contributed by atoms with E-state index in [1.165, 1.54) is 0 Å². The van der Waals surface area contributed by atoms with Gasteiger partial charge in [0.2, 0.25) is 11.2 Å². The maximum atomic E-state index is 11.2. The molecule has 2 aromatic heterocycles. The Labute approximate surface area is 107 Å². The summed E-state index contributed by atoms with van der Waals surface area (Å²) in [6, 6.07) is 0. The molecule has 1 aliphatic rings. The zero-order chi connectivity index (χ0) is 12.7. The van der Waals surface area contributed by atoms with Gasteiger partial charge in [0.1, 0.15) is 5.82 Å².